The first-order valence-corrected chi connectivity index (χ1v) is 15.3. The second kappa shape index (κ2) is 11.7. The SMILES string of the molecule is CC1(C)OB(B2OC(C)(C)C(C)(C)O2)OC1(C)C.Cc1nn(C)cc1B1OC(C)(C)C(C)(C)O1.Cc1nn(C)cc1Br. The molecule has 3 aliphatic rings. The second-order valence-corrected chi connectivity index (χ2v) is 15.3. The van der Waals surface area contributed by atoms with Gasteiger partial charge in [0.15, 0.2) is 0 Å². The molecule has 3 fully saturated rings. The van der Waals surface area contributed by atoms with E-state index in [2.05, 4.69) is 53.8 Å². The van der Waals surface area contributed by atoms with Crippen LogP contribution in [0.1, 0.15) is 94.5 Å². The van der Waals surface area contributed by atoms with Crippen LogP contribution in [0.3, 0.4) is 0 Å². The fourth-order valence-electron chi connectivity index (χ4n) is 4.39. The van der Waals surface area contributed by atoms with Gasteiger partial charge in [-0.3, -0.25) is 9.36 Å². The third-order valence-corrected chi connectivity index (χ3v) is 10.1. The molecule has 2 aromatic rings. The van der Waals surface area contributed by atoms with Gasteiger partial charge in [-0.1, -0.05) is 0 Å². The van der Waals surface area contributed by atoms with Crippen molar-refractivity contribution < 1.29 is 27.9 Å². The zero-order valence-electron chi connectivity index (χ0n) is 28.5. The number of aryl methyl sites for hydroxylation is 4. The average molecular weight is 651 g/mol. The Hall–Kier alpha value is -1.15. The molecule has 14 heteroatoms. The number of nitrogens with zero attached hydrogens (tertiary/aromatic N) is 4. The predicted molar refractivity (Wildman–Crippen MR) is 171 cm³/mol. The Morgan fingerprint density at radius 1 is 0.548 bits per heavy atom. The Labute approximate surface area is 262 Å². The van der Waals surface area contributed by atoms with Crippen LogP contribution < -0.4 is 5.46 Å². The van der Waals surface area contributed by atoms with Crippen LogP contribution in [0.5, 0.6) is 0 Å². The molecule has 0 radical (unpaired) electrons. The monoisotopic (exact) mass is 650 g/mol. The highest BCUT2D eigenvalue weighted by molar-refractivity contribution is 9.10. The molecule has 0 aliphatic carbocycles. The highest BCUT2D eigenvalue weighted by Gasteiger charge is 2.63. The van der Waals surface area contributed by atoms with Crippen molar-refractivity contribution in [2.75, 3.05) is 0 Å². The van der Waals surface area contributed by atoms with Gasteiger partial charge in [0.2, 0.25) is 0 Å². The van der Waals surface area contributed by atoms with Gasteiger partial charge in [0.05, 0.1) is 49.5 Å². The molecular weight excluding hydrogens is 601 g/mol. The van der Waals surface area contributed by atoms with Crippen molar-refractivity contribution in [3.63, 3.8) is 0 Å². The summed E-state index contributed by atoms with van der Waals surface area (Å²) in [7, 11) is 2.55. The van der Waals surface area contributed by atoms with E-state index in [4.69, 9.17) is 27.9 Å². The molecule has 0 bridgehead atoms. The molecular formula is C28H50B3BrN4O6. The molecule has 0 unspecified atom stereocenters. The molecule has 0 N–H and O–H groups in total. The molecule has 234 valence electrons. The van der Waals surface area contributed by atoms with E-state index < -0.39 is 14.0 Å². The van der Waals surface area contributed by atoms with Crippen LogP contribution in [-0.2, 0) is 42.0 Å². The van der Waals surface area contributed by atoms with Gasteiger partial charge in [-0.15, -0.1) is 0 Å². The van der Waals surface area contributed by atoms with E-state index in [0.29, 0.717) is 0 Å². The van der Waals surface area contributed by atoms with E-state index in [1.165, 1.54) is 0 Å². The summed E-state index contributed by atoms with van der Waals surface area (Å²) in [5.41, 5.74) is 0.986. The van der Waals surface area contributed by atoms with Crippen molar-refractivity contribution in [1.29, 1.82) is 0 Å². The lowest BCUT2D eigenvalue weighted by molar-refractivity contribution is 0.00578. The van der Waals surface area contributed by atoms with Crippen LogP contribution in [0.15, 0.2) is 16.9 Å². The number of halogens is 1. The van der Waals surface area contributed by atoms with E-state index in [9.17, 15) is 0 Å². The molecule has 0 saturated carbocycles. The van der Waals surface area contributed by atoms with Gasteiger partial charge in [-0.2, -0.15) is 10.2 Å². The van der Waals surface area contributed by atoms with Gasteiger partial charge in [0.1, 0.15) is 0 Å². The van der Waals surface area contributed by atoms with Crippen molar-refractivity contribution in [3.8, 4) is 0 Å². The molecule has 0 aromatic carbocycles. The summed E-state index contributed by atoms with van der Waals surface area (Å²) in [5, 5.41) is 8.39. The first kappa shape index (κ1) is 35.3. The third kappa shape index (κ3) is 7.21. The van der Waals surface area contributed by atoms with E-state index in [1.807, 2.05) is 95.7 Å². The molecule has 5 rings (SSSR count). The maximum Gasteiger partial charge on any atom is 0.498 e. The van der Waals surface area contributed by atoms with Crippen LogP contribution in [0.2, 0.25) is 0 Å². The molecule has 5 heterocycles. The Kier molecular flexibility index (Phi) is 9.80. The summed E-state index contributed by atoms with van der Waals surface area (Å²) in [6.07, 6.45) is 3.88. The Morgan fingerprint density at radius 3 is 1.10 bits per heavy atom. The molecule has 2 aromatic heterocycles. The molecule has 3 aliphatic heterocycles. The van der Waals surface area contributed by atoms with Crippen LogP contribution in [-0.4, -0.2) is 74.3 Å². The summed E-state index contributed by atoms with van der Waals surface area (Å²) in [6, 6.07) is 0. The van der Waals surface area contributed by atoms with Gasteiger partial charge in [0, 0.05) is 32.0 Å². The predicted octanol–water partition coefficient (Wildman–Crippen LogP) is 4.77. The number of aromatic nitrogens is 4. The standard InChI is InChI=1S/C12H24B2O4.C11H19BN2O2.C5H7BrN2/c1-9(2)10(3,4)16-13(15-9)14-17-11(5,6)12(7,8)18-14;1-8-9(7-14(6)13-8)12-15-10(2,3)11(4,5)16-12;1-4-5(6)3-8(2)7-4/h1-8H3;7H,1-6H3;3H,1-2H3. The minimum Gasteiger partial charge on any atom is -0.405 e. The van der Waals surface area contributed by atoms with Crippen LogP contribution in [0.4, 0.5) is 0 Å². The molecule has 0 atom stereocenters. The van der Waals surface area contributed by atoms with Crippen molar-refractivity contribution in [2.45, 2.75) is 131 Å². The minimum atomic E-state index is -0.476. The second-order valence-electron chi connectivity index (χ2n) is 14.4. The van der Waals surface area contributed by atoms with E-state index in [0.717, 1.165) is 21.3 Å². The molecule has 42 heavy (non-hydrogen) atoms. The zero-order valence-corrected chi connectivity index (χ0v) is 30.1. The highest BCUT2D eigenvalue weighted by Crippen LogP contribution is 2.43. The first-order chi connectivity index (χ1) is 18.8. The maximum atomic E-state index is 5.97. The lowest BCUT2D eigenvalue weighted by Gasteiger charge is -2.32. The van der Waals surface area contributed by atoms with Gasteiger partial charge < -0.3 is 27.9 Å². The number of hydrogen-bond acceptors (Lipinski definition) is 8. The maximum absolute atomic E-state index is 5.97. The quantitative estimate of drug-likeness (QED) is 0.430. The highest BCUT2D eigenvalue weighted by atomic mass is 79.9. The summed E-state index contributed by atoms with van der Waals surface area (Å²) in [5.74, 6) is 0. The van der Waals surface area contributed by atoms with Crippen molar-refractivity contribution >= 4 is 42.5 Å². The molecule has 3 saturated heterocycles. The molecule has 0 amide bonds. The number of rotatable bonds is 2. The van der Waals surface area contributed by atoms with Crippen molar-refractivity contribution in [1.82, 2.24) is 19.6 Å². The normalized spacial score (nSPS) is 24.3. The van der Waals surface area contributed by atoms with Crippen LogP contribution in [0, 0.1) is 13.8 Å². The summed E-state index contributed by atoms with van der Waals surface area (Å²) in [6.45, 7) is 28.4. The van der Waals surface area contributed by atoms with E-state index in [1.54, 1.807) is 9.36 Å². The molecule has 10 nitrogen and oxygen atoms in total. The Bertz CT molecular complexity index is 1160. The minimum absolute atomic E-state index is 0.292. The fraction of sp³-hybridized carbons (Fsp3) is 0.786. The fourth-order valence-corrected chi connectivity index (χ4v) is 4.77. The lowest BCUT2D eigenvalue weighted by Crippen LogP contribution is -2.41. The first-order valence-electron chi connectivity index (χ1n) is 14.5. The number of hydrogen-bond donors (Lipinski definition) is 0. The zero-order chi connectivity index (χ0) is 32.3. The van der Waals surface area contributed by atoms with E-state index in [-0.39, 0.29) is 40.7 Å². The smallest absolute Gasteiger partial charge is 0.405 e. The average Bonchev–Trinajstić information content (AvgIpc) is 3.47. The van der Waals surface area contributed by atoms with Gasteiger partial charge in [0.25, 0.3) is 0 Å². The van der Waals surface area contributed by atoms with Crippen molar-refractivity contribution in [3.05, 3.63) is 28.3 Å². The van der Waals surface area contributed by atoms with Gasteiger partial charge in [-0.05, 0) is 113 Å². The largest absolute Gasteiger partial charge is 0.498 e. The van der Waals surface area contributed by atoms with Crippen molar-refractivity contribution in [2.24, 2.45) is 14.1 Å². The lowest BCUT2D eigenvalue weighted by atomic mass is 9.49. The Morgan fingerprint density at radius 2 is 0.857 bits per heavy atom. The summed E-state index contributed by atoms with van der Waals surface area (Å²) >= 11 is 3.33. The topological polar surface area (TPSA) is 91.0 Å². The van der Waals surface area contributed by atoms with Crippen LogP contribution in [0.25, 0.3) is 0 Å². The summed E-state index contributed by atoms with van der Waals surface area (Å²) in [4.78, 5) is 0. The summed E-state index contributed by atoms with van der Waals surface area (Å²) < 4.78 is 40.4. The third-order valence-electron chi connectivity index (χ3n) is 9.28. The molecule has 0 spiro atoms. The van der Waals surface area contributed by atoms with E-state index >= 15 is 0 Å². The Balaban J connectivity index is 0.000000185. The van der Waals surface area contributed by atoms with Crippen LogP contribution >= 0.6 is 15.9 Å². The van der Waals surface area contributed by atoms with Gasteiger partial charge in [-0.25, -0.2) is 0 Å². The van der Waals surface area contributed by atoms with Gasteiger partial charge >= 0.3 is 21.1 Å².